The molecular weight excluding hydrogens is 216 g/mol. The second-order valence-corrected chi connectivity index (χ2v) is 5.56. The molecule has 0 heterocycles. The highest BCUT2D eigenvalue weighted by Crippen LogP contribution is 2.57. The summed E-state index contributed by atoms with van der Waals surface area (Å²) in [6, 6.07) is 0.694. The van der Waals surface area contributed by atoms with Gasteiger partial charge in [0.15, 0.2) is 0 Å². The molecule has 1 amide bonds. The van der Waals surface area contributed by atoms with E-state index in [0.29, 0.717) is 24.0 Å². The molecule has 3 N–H and O–H groups in total. The highest BCUT2D eigenvalue weighted by atomic mass is 16.5. The highest BCUT2D eigenvalue weighted by Gasteiger charge is 2.58. The van der Waals surface area contributed by atoms with Crippen LogP contribution in [0, 0.1) is 5.41 Å². The Kier molecular flexibility index (Phi) is 3.73. The van der Waals surface area contributed by atoms with Gasteiger partial charge in [0.25, 0.3) is 0 Å². The van der Waals surface area contributed by atoms with Gasteiger partial charge in [-0.3, -0.25) is 4.79 Å². The Balaban J connectivity index is 1.84. The second-order valence-electron chi connectivity index (χ2n) is 5.56. The van der Waals surface area contributed by atoms with E-state index in [1.165, 1.54) is 19.3 Å². The molecule has 4 heteroatoms. The molecule has 0 aromatic heterocycles. The van der Waals surface area contributed by atoms with E-state index in [1.807, 2.05) is 6.92 Å². The van der Waals surface area contributed by atoms with Crippen LogP contribution in [0.5, 0.6) is 0 Å². The van der Waals surface area contributed by atoms with Crippen molar-refractivity contribution < 1.29 is 9.53 Å². The fourth-order valence-corrected chi connectivity index (χ4v) is 3.38. The molecule has 2 saturated carbocycles. The zero-order valence-electron chi connectivity index (χ0n) is 10.9. The molecule has 0 bridgehead atoms. The number of nitrogens with one attached hydrogen (secondary N) is 1. The summed E-state index contributed by atoms with van der Waals surface area (Å²) in [5.74, 6) is -0.228. The number of nitrogens with two attached hydrogens (primary N) is 1. The van der Waals surface area contributed by atoms with E-state index in [2.05, 4.69) is 12.2 Å². The first-order chi connectivity index (χ1) is 8.08. The number of carbonyl (C=O) groups is 1. The lowest BCUT2D eigenvalue weighted by Gasteiger charge is -2.61. The second kappa shape index (κ2) is 4.94. The molecule has 0 radical (unpaired) electrons. The van der Waals surface area contributed by atoms with Gasteiger partial charge in [0.1, 0.15) is 0 Å². The van der Waals surface area contributed by atoms with E-state index in [0.717, 1.165) is 13.0 Å². The SMILES string of the molecule is CCOC1CC(NC(C)CC(N)=O)C12CCC2. The van der Waals surface area contributed by atoms with Crippen LogP contribution in [0.15, 0.2) is 0 Å². The average molecular weight is 240 g/mol. The number of hydrogen-bond donors (Lipinski definition) is 2. The van der Waals surface area contributed by atoms with Crippen LogP contribution < -0.4 is 11.1 Å². The number of ether oxygens (including phenoxy) is 1. The lowest BCUT2D eigenvalue weighted by molar-refractivity contribution is -0.174. The lowest BCUT2D eigenvalue weighted by atomic mass is 9.51. The van der Waals surface area contributed by atoms with Crippen LogP contribution in [-0.4, -0.2) is 30.7 Å². The zero-order valence-corrected chi connectivity index (χ0v) is 10.9. The number of amides is 1. The van der Waals surface area contributed by atoms with Crippen LogP contribution in [0.2, 0.25) is 0 Å². The fourth-order valence-electron chi connectivity index (χ4n) is 3.38. The molecule has 2 fully saturated rings. The van der Waals surface area contributed by atoms with Crippen molar-refractivity contribution >= 4 is 5.91 Å². The largest absolute Gasteiger partial charge is 0.378 e. The Morgan fingerprint density at radius 1 is 1.59 bits per heavy atom. The van der Waals surface area contributed by atoms with Crippen molar-refractivity contribution in [3.63, 3.8) is 0 Å². The Labute approximate surface area is 103 Å². The van der Waals surface area contributed by atoms with Crippen molar-refractivity contribution in [3.8, 4) is 0 Å². The maximum Gasteiger partial charge on any atom is 0.218 e. The number of primary amides is 1. The van der Waals surface area contributed by atoms with E-state index in [4.69, 9.17) is 10.5 Å². The molecule has 1 spiro atoms. The van der Waals surface area contributed by atoms with Gasteiger partial charge in [-0.2, -0.15) is 0 Å². The molecule has 2 rings (SSSR count). The maximum absolute atomic E-state index is 10.9. The fraction of sp³-hybridized carbons (Fsp3) is 0.923. The topological polar surface area (TPSA) is 64.3 Å². The minimum Gasteiger partial charge on any atom is -0.378 e. The molecule has 3 atom stereocenters. The van der Waals surface area contributed by atoms with Gasteiger partial charge in [0.05, 0.1) is 6.10 Å². The van der Waals surface area contributed by atoms with Crippen LogP contribution >= 0.6 is 0 Å². The Hall–Kier alpha value is -0.610. The molecule has 0 aromatic rings. The quantitative estimate of drug-likeness (QED) is 0.733. The summed E-state index contributed by atoms with van der Waals surface area (Å²) in [4.78, 5) is 10.9. The monoisotopic (exact) mass is 240 g/mol. The summed E-state index contributed by atoms with van der Waals surface area (Å²) in [6.45, 7) is 4.89. The predicted octanol–water partition coefficient (Wildman–Crippen LogP) is 1.19. The molecule has 0 aromatic carbocycles. The van der Waals surface area contributed by atoms with E-state index >= 15 is 0 Å². The van der Waals surface area contributed by atoms with Gasteiger partial charge >= 0.3 is 0 Å². The normalized spacial score (nSPS) is 31.6. The molecule has 2 aliphatic carbocycles. The lowest BCUT2D eigenvalue weighted by Crippen LogP contribution is -2.68. The third-order valence-electron chi connectivity index (χ3n) is 4.43. The molecule has 98 valence electrons. The van der Waals surface area contributed by atoms with Crippen molar-refractivity contribution in [1.82, 2.24) is 5.32 Å². The van der Waals surface area contributed by atoms with Gasteiger partial charge < -0.3 is 15.8 Å². The summed E-state index contributed by atoms with van der Waals surface area (Å²) in [6.07, 6.45) is 5.77. The summed E-state index contributed by atoms with van der Waals surface area (Å²) < 4.78 is 5.80. The highest BCUT2D eigenvalue weighted by molar-refractivity contribution is 5.74. The number of hydrogen-bond acceptors (Lipinski definition) is 3. The van der Waals surface area contributed by atoms with Gasteiger partial charge in [0.2, 0.25) is 5.91 Å². The Morgan fingerprint density at radius 3 is 2.76 bits per heavy atom. The molecule has 17 heavy (non-hydrogen) atoms. The van der Waals surface area contributed by atoms with E-state index < -0.39 is 0 Å². The summed E-state index contributed by atoms with van der Waals surface area (Å²) >= 11 is 0. The van der Waals surface area contributed by atoms with Crippen LogP contribution in [0.4, 0.5) is 0 Å². The van der Waals surface area contributed by atoms with Crippen LogP contribution in [-0.2, 0) is 9.53 Å². The zero-order chi connectivity index (χ0) is 12.5. The first kappa shape index (κ1) is 12.8. The Morgan fingerprint density at radius 2 is 2.29 bits per heavy atom. The van der Waals surface area contributed by atoms with E-state index in [-0.39, 0.29) is 11.9 Å². The third-order valence-corrected chi connectivity index (χ3v) is 4.43. The summed E-state index contributed by atoms with van der Waals surface area (Å²) in [5, 5.41) is 3.55. The Bertz CT molecular complexity index is 289. The summed E-state index contributed by atoms with van der Waals surface area (Å²) in [5.41, 5.74) is 5.58. The van der Waals surface area contributed by atoms with Crippen LogP contribution in [0.1, 0.15) is 46.0 Å². The first-order valence-electron chi connectivity index (χ1n) is 6.74. The van der Waals surface area contributed by atoms with Crippen molar-refractivity contribution in [2.75, 3.05) is 6.61 Å². The van der Waals surface area contributed by atoms with Gasteiger partial charge in [-0.15, -0.1) is 0 Å². The van der Waals surface area contributed by atoms with Crippen molar-refractivity contribution in [2.24, 2.45) is 11.1 Å². The number of rotatable bonds is 6. The van der Waals surface area contributed by atoms with Crippen molar-refractivity contribution in [2.45, 2.75) is 64.1 Å². The van der Waals surface area contributed by atoms with Gasteiger partial charge in [-0.25, -0.2) is 0 Å². The van der Waals surface area contributed by atoms with Gasteiger partial charge in [0, 0.05) is 30.5 Å². The molecule has 3 unspecified atom stereocenters. The van der Waals surface area contributed by atoms with Gasteiger partial charge in [-0.1, -0.05) is 6.42 Å². The average Bonchev–Trinajstić information content (AvgIpc) is 2.11. The molecule has 2 aliphatic rings. The molecule has 0 aliphatic heterocycles. The standard InChI is InChI=1S/C13H24N2O2/c1-3-17-11-8-10(13(11)5-4-6-13)15-9(2)7-12(14)16/h9-11,15H,3-8H2,1-2H3,(H2,14,16). The number of carbonyl (C=O) groups excluding carboxylic acids is 1. The molecule has 4 nitrogen and oxygen atoms in total. The molecule has 0 saturated heterocycles. The summed E-state index contributed by atoms with van der Waals surface area (Å²) in [7, 11) is 0. The predicted molar refractivity (Wildman–Crippen MR) is 66.5 cm³/mol. The van der Waals surface area contributed by atoms with Crippen molar-refractivity contribution in [3.05, 3.63) is 0 Å². The third kappa shape index (κ3) is 2.33. The van der Waals surface area contributed by atoms with Crippen molar-refractivity contribution in [1.29, 1.82) is 0 Å². The minimum absolute atomic E-state index is 0.178. The minimum atomic E-state index is -0.228. The first-order valence-corrected chi connectivity index (χ1v) is 6.74. The van der Waals surface area contributed by atoms with Crippen LogP contribution in [0.3, 0.4) is 0 Å². The molecular formula is C13H24N2O2. The van der Waals surface area contributed by atoms with E-state index in [1.54, 1.807) is 0 Å². The van der Waals surface area contributed by atoms with E-state index in [9.17, 15) is 4.79 Å². The van der Waals surface area contributed by atoms with Gasteiger partial charge in [-0.05, 0) is 33.1 Å². The smallest absolute Gasteiger partial charge is 0.218 e. The maximum atomic E-state index is 10.9. The van der Waals surface area contributed by atoms with Crippen LogP contribution in [0.25, 0.3) is 0 Å².